The minimum atomic E-state index is 0.395. The van der Waals surface area contributed by atoms with Crippen LogP contribution in [0.25, 0.3) is 0 Å². The molecular weight excluding hydrogens is 174 g/mol. The first kappa shape index (κ1) is 11.6. The van der Waals surface area contributed by atoms with E-state index in [0.717, 1.165) is 26.0 Å². The summed E-state index contributed by atoms with van der Waals surface area (Å²) in [5, 5.41) is 0. The zero-order chi connectivity index (χ0) is 10.2. The maximum Gasteiger partial charge on any atom is 0.0615 e. The van der Waals surface area contributed by atoms with Gasteiger partial charge in [0.25, 0.3) is 0 Å². The third-order valence-corrected chi connectivity index (χ3v) is 2.94. The molecule has 2 atom stereocenters. The van der Waals surface area contributed by atoms with Gasteiger partial charge in [-0.1, -0.05) is 12.8 Å². The van der Waals surface area contributed by atoms with E-state index in [1.165, 1.54) is 25.7 Å². The second-order valence-corrected chi connectivity index (χ2v) is 4.00. The Morgan fingerprint density at radius 1 is 1.36 bits per heavy atom. The number of terminal acetylenes is 1. The zero-order valence-corrected chi connectivity index (χ0v) is 8.87. The minimum Gasteiger partial charge on any atom is -0.378 e. The first-order valence-corrected chi connectivity index (χ1v) is 5.63. The normalized spacial score (nSPS) is 27.1. The van der Waals surface area contributed by atoms with Crippen molar-refractivity contribution in [2.45, 2.75) is 44.6 Å². The van der Waals surface area contributed by atoms with E-state index in [0.29, 0.717) is 12.0 Å². The first-order valence-electron chi connectivity index (χ1n) is 5.63. The predicted octanol–water partition coefficient (Wildman–Crippen LogP) is 1.93. The molecule has 2 N–H and O–H groups in total. The second kappa shape index (κ2) is 6.86. The Bertz CT molecular complexity index is 185. The molecule has 2 heteroatoms. The van der Waals surface area contributed by atoms with Crippen LogP contribution < -0.4 is 5.73 Å². The fourth-order valence-electron chi connectivity index (χ4n) is 2.07. The van der Waals surface area contributed by atoms with E-state index in [4.69, 9.17) is 16.9 Å². The topological polar surface area (TPSA) is 35.2 Å². The lowest BCUT2D eigenvalue weighted by Gasteiger charge is -2.30. The summed E-state index contributed by atoms with van der Waals surface area (Å²) in [7, 11) is 0. The summed E-state index contributed by atoms with van der Waals surface area (Å²) in [4.78, 5) is 0. The Labute approximate surface area is 87.2 Å². The van der Waals surface area contributed by atoms with Crippen LogP contribution in [0.5, 0.6) is 0 Å². The van der Waals surface area contributed by atoms with Gasteiger partial charge in [-0.05, 0) is 31.7 Å². The van der Waals surface area contributed by atoms with E-state index >= 15 is 0 Å². The van der Waals surface area contributed by atoms with Gasteiger partial charge in [0.05, 0.1) is 6.10 Å². The van der Waals surface area contributed by atoms with Gasteiger partial charge in [0.2, 0.25) is 0 Å². The smallest absolute Gasteiger partial charge is 0.0615 e. The van der Waals surface area contributed by atoms with E-state index in [-0.39, 0.29) is 0 Å². The molecule has 0 aromatic heterocycles. The molecule has 1 rings (SSSR count). The second-order valence-electron chi connectivity index (χ2n) is 4.00. The summed E-state index contributed by atoms with van der Waals surface area (Å²) >= 11 is 0. The molecule has 2 unspecified atom stereocenters. The maximum atomic E-state index is 5.81. The SMILES string of the molecule is C#CCCCOC1CCCCC1CN. The minimum absolute atomic E-state index is 0.395. The number of nitrogens with two attached hydrogens (primary N) is 1. The van der Waals surface area contributed by atoms with Crippen molar-refractivity contribution in [3.8, 4) is 12.3 Å². The Morgan fingerprint density at radius 3 is 2.86 bits per heavy atom. The van der Waals surface area contributed by atoms with Crippen molar-refractivity contribution in [3.05, 3.63) is 0 Å². The Morgan fingerprint density at radius 2 is 2.14 bits per heavy atom. The van der Waals surface area contributed by atoms with Gasteiger partial charge >= 0.3 is 0 Å². The number of hydrogen-bond acceptors (Lipinski definition) is 2. The quantitative estimate of drug-likeness (QED) is 0.537. The highest BCUT2D eigenvalue weighted by atomic mass is 16.5. The lowest BCUT2D eigenvalue weighted by molar-refractivity contribution is -0.00841. The third-order valence-electron chi connectivity index (χ3n) is 2.94. The molecule has 0 aliphatic heterocycles. The van der Waals surface area contributed by atoms with Gasteiger partial charge in [0, 0.05) is 13.0 Å². The molecule has 0 aromatic carbocycles. The number of hydrogen-bond donors (Lipinski definition) is 1. The molecule has 0 amide bonds. The average Bonchev–Trinajstić information content (AvgIpc) is 2.25. The van der Waals surface area contributed by atoms with Crippen LogP contribution in [0, 0.1) is 18.3 Å². The molecule has 1 aliphatic carbocycles. The fraction of sp³-hybridized carbons (Fsp3) is 0.833. The van der Waals surface area contributed by atoms with Crippen LogP contribution in [-0.4, -0.2) is 19.3 Å². The molecule has 0 heterocycles. The van der Waals surface area contributed by atoms with Gasteiger partial charge in [-0.2, -0.15) is 0 Å². The van der Waals surface area contributed by atoms with Gasteiger partial charge < -0.3 is 10.5 Å². The lowest BCUT2D eigenvalue weighted by atomic mass is 9.86. The van der Waals surface area contributed by atoms with Gasteiger partial charge in [0.1, 0.15) is 0 Å². The standard InChI is InChI=1S/C12H21NO/c1-2-3-6-9-14-12-8-5-4-7-11(12)10-13/h1,11-12H,3-10,13H2. The Hall–Kier alpha value is -0.520. The molecule has 1 saturated carbocycles. The molecule has 1 aliphatic rings. The number of ether oxygens (including phenoxy) is 1. The van der Waals surface area contributed by atoms with Crippen LogP contribution in [0.15, 0.2) is 0 Å². The Balaban J connectivity index is 2.17. The molecule has 14 heavy (non-hydrogen) atoms. The molecule has 0 radical (unpaired) electrons. The van der Waals surface area contributed by atoms with Crippen LogP contribution in [0.4, 0.5) is 0 Å². The predicted molar refractivity (Wildman–Crippen MR) is 58.8 cm³/mol. The Kier molecular flexibility index (Phi) is 5.66. The van der Waals surface area contributed by atoms with Gasteiger partial charge in [-0.3, -0.25) is 0 Å². The van der Waals surface area contributed by atoms with Crippen molar-refractivity contribution in [1.29, 1.82) is 0 Å². The van der Waals surface area contributed by atoms with Crippen LogP contribution in [0.3, 0.4) is 0 Å². The van der Waals surface area contributed by atoms with E-state index in [1.807, 2.05) is 0 Å². The van der Waals surface area contributed by atoms with Crippen molar-refractivity contribution in [2.75, 3.05) is 13.2 Å². The van der Waals surface area contributed by atoms with Crippen LogP contribution in [0.2, 0.25) is 0 Å². The van der Waals surface area contributed by atoms with Gasteiger partial charge in [-0.15, -0.1) is 12.3 Å². The summed E-state index contributed by atoms with van der Waals surface area (Å²) in [6, 6.07) is 0. The summed E-state index contributed by atoms with van der Waals surface area (Å²) in [5.41, 5.74) is 5.71. The molecule has 1 fully saturated rings. The summed E-state index contributed by atoms with van der Waals surface area (Å²) in [6.45, 7) is 1.56. The third kappa shape index (κ3) is 3.69. The van der Waals surface area contributed by atoms with E-state index in [2.05, 4.69) is 5.92 Å². The van der Waals surface area contributed by atoms with Crippen molar-refractivity contribution < 1.29 is 4.74 Å². The zero-order valence-electron chi connectivity index (χ0n) is 8.87. The van der Waals surface area contributed by atoms with E-state index < -0.39 is 0 Å². The lowest BCUT2D eigenvalue weighted by Crippen LogP contribution is -2.33. The van der Waals surface area contributed by atoms with E-state index in [9.17, 15) is 0 Å². The first-order chi connectivity index (χ1) is 6.88. The average molecular weight is 195 g/mol. The van der Waals surface area contributed by atoms with Crippen molar-refractivity contribution >= 4 is 0 Å². The van der Waals surface area contributed by atoms with Crippen LogP contribution in [0.1, 0.15) is 38.5 Å². The highest BCUT2D eigenvalue weighted by Crippen LogP contribution is 2.26. The van der Waals surface area contributed by atoms with Crippen molar-refractivity contribution in [2.24, 2.45) is 11.7 Å². The monoisotopic (exact) mass is 195 g/mol. The van der Waals surface area contributed by atoms with E-state index in [1.54, 1.807) is 0 Å². The largest absolute Gasteiger partial charge is 0.378 e. The van der Waals surface area contributed by atoms with Gasteiger partial charge in [-0.25, -0.2) is 0 Å². The molecule has 0 aromatic rings. The van der Waals surface area contributed by atoms with Crippen molar-refractivity contribution in [1.82, 2.24) is 0 Å². The highest BCUT2D eigenvalue weighted by Gasteiger charge is 2.23. The molecule has 0 spiro atoms. The summed E-state index contributed by atoms with van der Waals surface area (Å²) in [6.07, 6.45) is 12.4. The number of unbranched alkanes of at least 4 members (excludes halogenated alkanes) is 1. The van der Waals surface area contributed by atoms with Gasteiger partial charge in [0.15, 0.2) is 0 Å². The fourth-order valence-corrected chi connectivity index (χ4v) is 2.07. The van der Waals surface area contributed by atoms with Crippen LogP contribution in [-0.2, 0) is 4.74 Å². The maximum absolute atomic E-state index is 5.81. The van der Waals surface area contributed by atoms with Crippen LogP contribution >= 0.6 is 0 Å². The molecule has 80 valence electrons. The highest BCUT2D eigenvalue weighted by molar-refractivity contribution is 4.83. The molecule has 0 saturated heterocycles. The summed E-state index contributed by atoms with van der Waals surface area (Å²) < 4.78 is 5.81. The molecule has 2 nitrogen and oxygen atoms in total. The summed E-state index contributed by atoms with van der Waals surface area (Å²) in [5.74, 6) is 3.20. The molecule has 0 bridgehead atoms. The number of rotatable bonds is 5. The van der Waals surface area contributed by atoms with Crippen molar-refractivity contribution in [3.63, 3.8) is 0 Å². The molecular formula is C12H21NO.